The van der Waals surface area contributed by atoms with Gasteiger partial charge in [0, 0.05) is 5.92 Å². The highest BCUT2D eigenvalue weighted by Crippen LogP contribution is 2.27. The van der Waals surface area contributed by atoms with Crippen LogP contribution >= 0.6 is 11.8 Å². The first kappa shape index (κ1) is 11.6. The third kappa shape index (κ3) is 2.74. The molecule has 1 aliphatic heterocycles. The number of hydrogen-bond donors (Lipinski definition) is 0. The molecule has 0 radical (unpaired) electrons. The van der Waals surface area contributed by atoms with Crippen molar-refractivity contribution in [2.45, 2.75) is 33.2 Å². The van der Waals surface area contributed by atoms with E-state index in [0.717, 1.165) is 17.2 Å². The largest absolute Gasteiger partial charge is 0.464 e. The SMILES string of the molecule is CCOC(=O)[C@@H]1C[C@@H](C)C(SCC)=N1. The van der Waals surface area contributed by atoms with Gasteiger partial charge in [0.05, 0.1) is 11.7 Å². The Kier molecular flexibility index (Phi) is 4.45. The Morgan fingerprint density at radius 1 is 1.64 bits per heavy atom. The predicted molar refractivity (Wildman–Crippen MR) is 59.8 cm³/mol. The molecule has 1 aliphatic rings. The summed E-state index contributed by atoms with van der Waals surface area (Å²) in [6.07, 6.45) is 0.807. The van der Waals surface area contributed by atoms with Gasteiger partial charge >= 0.3 is 5.97 Å². The summed E-state index contributed by atoms with van der Waals surface area (Å²) in [5, 5.41) is 1.10. The maximum atomic E-state index is 11.4. The average Bonchev–Trinajstić information content (AvgIpc) is 2.49. The number of carbonyl (C=O) groups excluding carboxylic acids is 1. The van der Waals surface area contributed by atoms with E-state index >= 15 is 0 Å². The van der Waals surface area contributed by atoms with Gasteiger partial charge in [-0.15, -0.1) is 11.8 Å². The van der Waals surface area contributed by atoms with Crippen LogP contribution < -0.4 is 0 Å². The van der Waals surface area contributed by atoms with Crippen molar-refractivity contribution in [3.05, 3.63) is 0 Å². The molecule has 14 heavy (non-hydrogen) atoms. The van der Waals surface area contributed by atoms with Crippen LogP contribution in [0.3, 0.4) is 0 Å². The molecule has 4 heteroatoms. The van der Waals surface area contributed by atoms with E-state index in [4.69, 9.17) is 4.74 Å². The second-order valence-electron chi connectivity index (χ2n) is 3.30. The average molecular weight is 215 g/mol. The Balaban J connectivity index is 2.55. The minimum atomic E-state index is -0.251. The van der Waals surface area contributed by atoms with Crippen LogP contribution in [0, 0.1) is 5.92 Å². The van der Waals surface area contributed by atoms with Crippen LogP contribution in [0.25, 0.3) is 0 Å². The second kappa shape index (κ2) is 5.39. The summed E-state index contributed by atoms with van der Waals surface area (Å²) in [5.74, 6) is 1.25. The highest BCUT2D eigenvalue weighted by atomic mass is 32.2. The fraction of sp³-hybridized carbons (Fsp3) is 0.800. The summed E-state index contributed by atoms with van der Waals surface area (Å²) >= 11 is 1.73. The molecule has 0 aromatic rings. The van der Waals surface area contributed by atoms with Gasteiger partial charge in [0.25, 0.3) is 0 Å². The van der Waals surface area contributed by atoms with E-state index in [1.54, 1.807) is 11.8 Å². The zero-order valence-corrected chi connectivity index (χ0v) is 9.76. The summed E-state index contributed by atoms with van der Waals surface area (Å²) in [7, 11) is 0. The molecule has 80 valence electrons. The van der Waals surface area contributed by atoms with E-state index in [1.807, 2.05) is 6.92 Å². The second-order valence-corrected chi connectivity index (χ2v) is 4.59. The van der Waals surface area contributed by atoms with E-state index in [-0.39, 0.29) is 12.0 Å². The third-order valence-electron chi connectivity index (χ3n) is 2.13. The molecule has 0 unspecified atom stereocenters. The zero-order valence-electron chi connectivity index (χ0n) is 8.95. The van der Waals surface area contributed by atoms with Crippen LogP contribution in [0.15, 0.2) is 4.99 Å². The van der Waals surface area contributed by atoms with Crippen LogP contribution in [0.2, 0.25) is 0 Å². The van der Waals surface area contributed by atoms with Gasteiger partial charge in [-0.1, -0.05) is 13.8 Å². The summed E-state index contributed by atoms with van der Waals surface area (Å²) in [4.78, 5) is 15.8. The van der Waals surface area contributed by atoms with Crippen molar-refractivity contribution >= 4 is 22.8 Å². The number of carbonyl (C=O) groups is 1. The molecule has 0 aromatic heterocycles. The van der Waals surface area contributed by atoms with Gasteiger partial charge in [-0.3, -0.25) is 4.99 Å². The lowest BCUT2D eigenvalue weighted by atomic mass is 10.1. The first-order chi connectivity index (χ1) is 6.69. The molecule has 2 atom stereocenters. The van der Waals surface area contributed by atoms with Crippen LogP contribution in [0.4, 0.5) is 0 Å². The predicted octanol–water partition coefficient (Wildman–Crippen LogP) is 2.11. The Morgan fingerprint density at radius 3 is 2.93 bits per heavy atom. The smallest absolute Gasteiger partial charge is 0.330 e. The van der Waals surface area contributed by atoms with Gasteiger partial charge in [0.15, 0.2) is 0 Å². The maximum Gasteiger partial charge on any atom is 0.330 e. The van der Waals surface area contributed by atoms with E-state index in [9.17, 15) is 4.79 Å². The van der Waals surface area contributed by atoms with Crippen LogP contribution in [0.1, 0.15) is 27.2 Å². The van der Waals surface area contributed by atoms with E-state index < -0.39 is 0 Å². The topological polar surface area (TPSA) is 38.7 Å². The standard InChI is InChI=1S/C10H17NO2S/c1-4-13-10(12)8-6-7(3)9(11-8)14-5-2/h7-8H,4-6H2,1-3H3/t7-,8+/m1/s1. The molecule has 0 aliphatic carbocycles. The number of nitrogens with zero attached hydrogens (tertiary/aromatic N) is 1. The lowest BCUT2D eigenvalue weighted by Crippen LogP contribution is -2.19. The van der Waals surface area contributed by atoms with Crippen LogP contribution in [-0.2, 0) is 9.53 Å². The Morgan fingerprint density at radius 2 is 2.36 bits per heavy atom. The molecule has 0 spiro atoms. The molecular formula is C10H17NO2S. The van der Waals surface area contributed by atoms with Crippen molar-refractivity contribution in [2.24, 2.45) is 10.9 Å². The van der Waals surface area contributed by atoms with E-state index in [1.165, 1.54) is 0 Å². The number of thioether (sulfide) groups is 1. The third-order valence-corrected chi connectivity index (χ3v) is 3.22. The Bertz CT molecular complexity index is 240. The van der Waals surface area contributed by atoms with Gasteiger partial charge in [0.1, 0.15) is 6.04 Å². The molecule has 0 bridgehead atoms. The van der Waals surface area contributed by atoms with E-state index in [2.05, 4.69) is 18.8 Å². The number of hydrogen-bond acceptors (Lipinski definition) is 4. The van der Waals surface area contributed by atoms with Gasteiger partial charge in [-0.25, -0.2) is 4.79 Å². The molecule has 0 aromatic carbocycles. The highest BCUT2D eigenvalue weighted by molar-refractivity contribution is 8.13. The van der Waals surface area contributed by atoms with Crippen molar-refractivity contribution in [1.29, 1.82) is 0 Å². The minimum Gasteiger partial charge on any atom is -0.464 e. The van der Waals surface area contributed by atoms with Crippen molar-refractivity contribution < 1.29 is 9.53 Å². The number of esters is 1. The van der Waals surface area contributed by atoms with Gasteiger partial charge in [-0.05, 0) is 19.1 Å². The molecule has 0 saturated heterocycles. The number of rotatable bonds is 3. The summed E-state index contributed by atoms with van der Waals surface area (Å²) in [5.41, 5.74) is 0. The Hall–Kier alpha value is -0.510. The monoisotopic (exact) mass is 215 g/mol. The van der Waals surface area contributed by atoms with Gasteiger partial charge in [-0.2, -0.15) is 0 Å². The maximum absolute atomic E-state index is 11.4. The van der Waals surface area contributed by atoms with Crippen LogP contribution in [0.5, 0.6) is 0 Å². The molecule has 3 nitrogen and oxygen atoms in total. The summed E-state index contributed by atoms with van der Waals surface area (Å²) in [6, 6.07) is -0.251. The van der Waals surface area contributed by atoms with Crippen LogP contribution in [-0.4, -0.2) is 29.4 Å². The molecule has 0 fully saturated rings. The van der Waals surface area contributed by atoms with Gasteiger partial charge < -0.3 is 4.74 Å². The molecular weight excluding hydrogens is 198 g/mol. The molecule has 0 saturated carbocycles. The molecule has 1 rings (SSSR count). The fourth-order valence-corrected chi connectivity index (χ4v) is 2.36. The highest BCUT2D eigenvalue weighted by Gasteiger charge is 2.30. The molecule has 1 heterocycles. The number of aliphatic imine (C=N–C) groups is 1. The van der Waals surface area contributed by atoms with Crippen molar-refractivity contribution in [3.8, 4) is 0 Å². The molecule has 0 N–H and O–H groups in total. The summed E-state index contributed by atoms with van der Waals surface area (Å²) in [6.45, 7) is 6.47. The fourth-order valence-electron chi connectivity index (χ4n) is 1.48. The first-order valence-electron chi connectivity index (χ1n) is 5.06. The van der Waals surface area contributed by atoms with Crippen molar-refractivity contribution in [3.63, 3.8) is 0 Å². The normalized spacial score (nSPS) is 26.1. The minimum absolute atomic E-state index is 0.175. The first-order valence-corrected chi connectivity index (χ1v) is 6.04. The summed E-state index contributed by atoms with van der Waals surface area (Å²) < 4.78 is 4.95. The van der Waals surface area contributed by atoms with Crippen molar-refractivity contribution in [1.82, 2.24) is 0 Å². The van der Waals surface area contributed by atoms with Gasteiger partial charge in [0.2, 0.25) is 0 Å². The Labute approximate surface area is 89.3 Å². The lowest BCUT2D eigenvalue weighted by molar-refractivity contribution is -0.144. The van der Waals surface area contributed by atoms with E-state index in [0.29, 0.717) is 12.5 Å². The lowest BCUT2D eigenvalue weighted by Gasteiger charge is -2.06. The molecule has 0 amide bonds. The number of ether oxygens (including phenoxy) is 1. The van der Waals surface area contributed by atoms with Crippen molar-refractivity contribution in [2.75, 3.05) is 12.4 Å². The quantitative estimate of drug-likeness (QED) is 0.677. The zero-order chi connectivity index (χ0) is 10.6.